The van der Waals surface area contributed by atoms with Crippen molar-refractivity contribution in [2.75, 3.05) is 28.4 Å². The van der Waals surface area contributed by atoms with Gasteiger partial charge in [0, 0.05) is 5.57 Å². The van der Waals surface area contributed by atoms with Gasteiger partial charge in [-0.15, -0.1) is 0 Å². The molecule has 6 nitrogen and oxygen atoms in total. The van der Waals surface area contributed by atoms with Crippen molar-refractivity contribution >= 4 is 11.1 Å². The average molecular weight is 354 g/mol. The maximum absolute atomic E-state index is 5.44. The van der Waals surface area contributed by atoms with Crippen LogP contribution in [0.25, 0.3) is 11.1 Å². The summed E-state index contributed by atoms with van der Waals surface area (Å²) in [5, 5.41) is 0. The topological polar surface area (TPSA) is 54.2 Å². The van der Waals surface area contributed by atoms with E-state index < -0.39 is 0 Å². The van der Waals surface area contributed by atoms with Crippen LogP contribution in [0.5, 0.6) is 23.0 Å². The Morgan fingerprint density at radius 3 is 2.08 bits per heavy atom. The Labute approximate surface area is 152 Å². The van der Waals surface area contributed by atoms with Crippen molar-refractivity contribution < 1.29 is 18.9 Å². The van der Waals surface area contributed by atoms with Gasteiger partial charge >= 0.3 is 0 Å². The van der Waals surface area contributed by atoms with Crippen molar-refractivity contribution in [2.24, 2.45) is 0 Å². The molecule has 0 radical (unpaired) electrons. The summed E-state index contributed by atoms with van der Waals surface area (Å²) in [6.07, 6.45) is 1.77. The lowest BCUT2D eigenvalue weighted by atomic mass is 10.0. The molecule has 0 saturated carbocycles. The molecule has 0 aliphatic carbocycles. The first-order chi connectivity index (χ1) is 12.5. The number of aromatic nitrogens is 2. The number of fused-ring (bicyclic) bond motifs is 1. The van der Waals surface area contributed by atoms with Crippen LogP contribution in [0.4, 0.5) is 0 Å². The summed E-state index contributed by atoms with van der Waals surface area (Å²) in [7, 11) is 6.41. The summed E-state index contributed by atoms with van der Waals surface area (Å²) in [5.41, 5.74) is 4.30. The zero-order chi connectivity index (χ0) is 18.8. The number of nitrogens with zero attached hydrogens (tertiary/aromatic N) is 2. The minimum atomic E-state index is 0.543. The maximum Gasteiger partial charge on any atom is 0.203 e. The predicted molar refractivity (Wildman–Crippen MR) is 101 cm³/mol. The number of hydrogen-bond acceptors (Lipinski definition) is 5. The van der Waals surface area contributed by atoms with E-state index in [-0.39, 0.29) is 0 Å². The Kier molecular flexibility index (Phi) is 4.75. The van der Waals surface area contributed by atoms with Gasteiger partial charge in [-0.25, -0.2) is 4.98 Å². The number of methoxy groups -OCH3 is 4. The number of ether oxygens (including phenoxy) is 4. The second-order valence-electron chi connectivity index (χ2n) is 5.73. The van der Waals surface area contributed by atoms with Gasteiger partial charge in [0.05, 0.1) is 45.3 Å². The van der Waals surface area contributed by atoms with Crippen molar-refractivity contribution in [1.82, 2.24) is 9.38 Å². The molecule has 2 heterocycles. The molecule has 0 spiro atoms. The highest BCUT2D eigenvalue weighted by Gasteiger charge is 2.18. The molecule has 0 bridgehead atoms. The molecule has 0 saturated heterocycles. The normalized spacial score (nSPS) is 10.7. The van der Waals surface area contributed by atoms with Crippen LogP contribution in [-0.2, 0) is 0 Å². The van der Waals surface area contributed by atoms with Gasteiger partial charge in [0.2, 0.25) is 5.75 Å². The number of benzene rings is 1. The minimum Gasteiger partial charge on any atom is -0.495 e. The van der Waals surface area contributed by atoms with Crippen molar-refractivity contribution in [2.45, 2.75) is 6.92 Å². The molecule has 3 aromatic rings. The molecule has 0 atom stereocenters. The molecule has 6 heteroatoms. The number of imidazole rings is 1. The van der Waals surface area contributed by atoms with Gasteiger partial charge in [0.15, 0.2) is 11.5 Å². The van der Waals surface area contributed by atoms with Gasteiger partial charge in [0.1, 0.15) is 12.1 Å². The molecule has 0 aliphatic rings. The third-order valence-corrected chi connectivity index (χ3v) is 4.43. The second kappa shape index (κ2) is 7.00. The van der Waals surface area contributed by atoms with Crippen LogP contribution in [-0.4, -0.2) is 37.8 Å². The van der Waals surface area contributed by atoms with Crippen molar-refractivity contribution in [3.05, 3.63) is 54.1 Å². The summed E-state index contributed by atoms with van der Waals surface area (Å²) in [6, 6.07) is 7.63. The largest absolute Gasteiger partial charge is 0.495 e. The molecule has 0 aliphatic heterocycles. The lowest BCUT2D eigenvalue weighted by Crippen LogP contribution is -1.98. The van der Waals surface area contributed by atoms with E-state index in [0.29, 0.717) is 17.2 Å². The maximum atomic E-state index is 5.44. The Morgan fingerprint density at radius 2 is 1.54 bits per heavy atom. The number of pyridine rings is 1. The Hall–Kier alpha value is -3.15. The molecular formula is C20H22N2O4. The van der Waals surface area contributed by atoms with E-state index in [0.717, 1.165) is 33.8 Å². The third kappa shape index (κ3) is 2.73. The molecule has 0 N–H and O–H groups in total. The van der Waals surface area contributed by atoms with Crippen molar-refractivity contribution in [1.29, 1.82) is 0 Å². The molecule has 1 aromatic carbocycles. The van der Waals surface area contributed by atoms with Crippen LogP contribution < -0.4 is 18.9 Å². The van der Waals surface area contributed by atoms with Gasteiger partial charge in [-0.1, -0.05) is 6.58 Å². The van der Waals surface area contributed by atoms with E-state index in [1.54, 1.807) is 34.8 Å². The first kappa shape index (κ1) is 17.7. The molecule has 3 rings (SSSR count). The van der Waals surface area contributed by atoms with Crippen LogP contribution in [0, 0.1) is 6.92 Å². The highest BCUT2D eigenvalue weighted by molar-refractivity contribution is 5.86. The Balaban J connectivity index is 2.13. The molecule has 26 heavy (non-hydrogen) atoms. The molecule has 2 aromatic heterocycles. The second-order valence-corrected chi connectivity index (χ2v) is 5.73. The summed E-state index contributed by atoms with van der Waals surface area (Å²) in [6.45, 7) is 6.22. The van der Waals surface area contributed by atoms with Crippen LogP contribution in [0.15, 0.2) is 37.2 Å². The van der Waals surface area contributed by atoms with Crippen LogP contribution in [0.1, 0.15) is 17.0 Å². The molecule has 0 fully saturated rings. The summed E-state index contributed by atoms with van der Waals surface area (Å²) < 4.78 is 23.6. The monoisotopic (exact) mass is 354 g/mol. The van der Waals surface area contributed by atoms with E-state index in [1.165, 1.54) is 0 Å². The summed E-state index contributed by atoms with van der Waals surface area (Å²) in [4.78, 5) is 4.56. The molecule has 136 valence electrons. The fourth-order valence-electron chi connectivity index (χ4n) is 3.02. The fourth-order valence-corrected chi connectivity index (χ4v) is 3.02. The average Bonchev–Trinajstić information content (AvgIpc) is 3.11. The Bertz CT molecular complexity index is 950. The lowest BCUT2D eigenvalue weighted by molar-refractivity contribution is 0.324. The van der Waals surface area contributed by atoms with E-state index in [4.69, 9.17) is 18.9 Å². The zero-order valence-corrected chi connectivity index (χ0v) is 15.6. The third-order valence-electron chi connectivity index (χ3n) is 4.43. The van der Waals surface area contributed by atoms with Gasteiger partial charge in [-0.3, -0.25) is 4.40 Å². The molecule has 0 unspecified atom stereocenters. The molecular weight excluding hydrogens is 332 g/mol. The minimum absolute atomic E-state index is 0.543. The van der Waals surface area contributed by atoms with E-state index >= 15 is 0 Å². The number of rotatable bonds is 6. The van der Waals surface area contributed by atoms with E-state index in [1.807, 2.05) is 35.6 Å². The summed E-state index contributed by atoms with van der Waals surface area (Å²) in [5.74, 6) is 2.50. The van der Waals surface area contributed by atoms with Crippen LogP contribution in [0.2, 0.25) is 0 Å². The quantitative estimate of drug-likeness (QED) is 0.675. The Morgan fingerprint density at radius 1 is 0.923 bits per heavy atom. The number of hydrogen-bond donors (Lipinski definition) is 0. The predicted octanol–water partition coefficient (Wildman–Crippen LogP) is 3.74. The van der Waals surface area contributed by atoms with E-state index in [2.05, 4.69) is 11.6 Å². The fraction of sp³-hybridized carbons (Fsp3) is 0.250. The van der Waals surface area contributed by atoms with E-state index in [9.17, 15) is 0 Å². The smallest absolute Gasteiger partial charge is 0.203 e. The first-order valence-electron chi connectivity index (χ1n) is 8.06. The zero-order valence-electron chi connectivity index (χ0n) is 15.6. The van der Waals surface area contributed by atoms with Crippen molar-refractivity contribution in [3.8, 4) is 23.0 Å². The standard InChI is InChI=1S/C20H22N2O4/c1-12(14-9-17(24-4)20(26-6)18(10-14)25-5)19-15-7-8-16(23-3)13(2)22(15)11-21-19/h7-11H,1H2,2-6H3. The van der Waals surface area contributed by atoms with Gasteiger partial charge in [-0.05, 0) is 36.8 Å². The lowest BCUT2D eigenvalue weighted by Gasteiger charge is -2.15. The highest BCUT2D eigenvalue weighted by atomic mass is 16.5. The van der Waals surface area contributed by atoms with Crippen LogP contribution >= 0.6 is 0 Å². The summed E-state index contributed by atoms with van der Waals surface area (Å²) >= 11 is 0. The molecule has 0 amide bonds. The SMILES string of the molecule is C=C(c1cc(OC)c(OC)c(OC)c1)c1ncn2c(C)c(OC)ccc12. The number of aryl methyl sites for hydroxylation is 1. The first-order valence-corrected chi connectivity index (χ1v) is 8.06. The van der Waals surface area contributed by atoms with Gasteiger partial charge < -0.3 is 18.9 Å². The van der Waals surface area contributed by atoms with Gasteiger partial charge in [0.25, 0.3) is 0 Å². The highest BCUT2D eigenvalue weighted by Crippen LogP contribution is 2.41. The van der Waals surface area contributed by atoms with Gasteiger partial charge in [-0.2, -0.15) is 0 Å². The van der Waals surface area contributed by atoms with Crippen LogP contribution in [0.3, 0.4) is 0 Å². The van der Waals surface area contributed by atoms with Crippen molar-refractivity contribution in [3.63, 3.8) is 0 Å².